The average molecular weight is 412 g/mol. The Kier molecular flexibility index (Phi) is 4.94. The van der Waals surface area contributed by atoms with Gasteiger partial charge < -0.3 is 14.7 Å². The fourth-order valence-electron chi connectivity index (χ4n) is 4.61. The summed E-state index contributed by atoms with van der Waals surface area (Å²) in [6.45, 7) is 6.95. The van der Waals surface area contributed by atoms with Crippen molar-refractivity contribution in [2.45, 2.75) is 32.7 Å². The van der Waals surface area contributed by atoms with Crippen LogP contribution in [0.1, 0.15) is 34.8 Å². The maximum Gasteiger partial charge on any atom is 0.253 e. The third-order valence-corrected chi connectivity index (χ3v) is 6.58. The molecule has 6 nitrogen and oxygen atoms in total. The van der Waals surface area contributed by atoms with Crippen molar-refractivity contribution in [3.05, 3.63) is 51.7 Å². The molecule has 0 aliphatic carbocycles. The molecule has 0 N–H and O–H groups in total. The number of hydrogen-bond donors (Lipinski definition) is 0. The molecule has 4 rings (SSSR count). The second kappa shape index (κ2) is 7.30. The van der Waals surface area contributed by atoms with Crippen LogP contribution in [0, 0.1) is 13.8 Å². The maximum atomic E-state index is 13.2. The van der Waals surface area contributed by atoms with Crippen molar-refractivity contribution >= 4 is 34.7 Å². The lowest BCUT2D eigenvalue weighted by molar-refractivity contribution is -0.142. The zero-order chi connectivity index (χ0) is 20.8. The third kappa shape index (κ3) is 3.55. The highest BCUT2D eigenvalue weighted by atomic mass is 32.1. The van der Waals surface area contributed by atoms with Gasteiger partial charge in [-0.1, -0.05) is 17.2 Å². The van der Waals surface area contributed by atoms with Gasteiger partial charge in [-0.2, -0.15) is 11.3 Å². The van der Waals surface area contributed by atoms with Crippen molar-refractivity contribution in [2.24, 2.45) is 0 Å². The lowest BCUT2D eigenvalue weighted by Gasteiger charge is -2.47. The minimum Gasteiger partial charge on any atom is -0.336 e. The molecule has 0 radical (unpaired) electrons. The summed E-state index contributed by atoms with van der Waals surface area (Å²) >= 11 is 1.54. The van der Waals surface area contributed by atoms with Crippen LogP contribution in [0.15, 0.2) is 35.0 Å². The van der Waals surface area contributed by atoms with Crippen LogP contribution in [0.25, 0.3) is 0 Å². The largest absolute Gasteiger partial charge is 0.336 e. The number of carbonyl (C=O) groups excluding carboxylic acids is 3. The molecule has 1 atom stereocenters. The van der Waals surface area contributed by atoms with Crippen LogP contribution in [0.2, 0.25) is 0 Å². The Morgan fingerprint density at radius 2 is 1.83 bits per heavy atom. The van der Waals surface area contributed by atoms with E-state index in [-0.39, 0.29) is 24.3 Å². The Bertz CT molecular complexity index is 951. The molecule has 1 unspecified atom stereocenters. The fraction of sp³-hybridized carbons (Fsp3) is 0.409. The van der Waals surface area contributed by atoms with E-state index in [2.05, 4.69) is 0 Å². The second-order valence-corrected chi connectivity index (χ2v) is 8.92. The monoisotopic (exact) mass is 411 g/mol. The van der Waals surface area contributed by atoms with Gasteiger partial charge in [-0.15, -0.1) is 0 Å². The molecular weight excluding hydrogens is 386 g/mol. The molecular formula is C22H25N3O3S. The summed E-state index contributed by atoms with van der Waals surface area (Å²) in [5.74, 6) is -0.219. The Labute approximate surface area is 174 Å². The number of amides is 3. The number of anilines is 1. The van der Waals surface area contributed by atoms with Crippen LogP contribution >= 0.6 is 11.3 Å². The molecule has 0 bridgehead atoms. The molecule has 2 fully saturated rings. The fourth-order valence-corrected chi connectivity index (χ4v) is 5.25. The molecule has 2 aliphatic heterocycles. The Morgan fingerprint density at radius 3 is 2.45 bits per heavy atom. The lowest BCUT2D eigenvalue weighted by atomic mass is 9.92. The molecule has 1 aromatic carbocycles. The van der Waals surface area contributed by atoms with Crippen molar-refractivity contribution in [3.63, 3.8) is 0 Å². The first kappa shape index (κ1) is 19.6. The van der Waals surface area contributed by atoms with Crippen LogP contribution < -0.4 is 4.90 Å². The van der Waals surface area contributed by atoms with Gasteiger partial charge in [-0.25, -0.2) is 0 Å². The molecule has 0 saturated carbocycles. The number of thiophene rings is 1. The van der Waals surface area contributed by atoms with Crippen molar-refractivity contribution in [3.8, 4) is 0 Å². The normalized spacial score (nSPS) is 21.9. The zero-order valence-corrected chi connectivity index (χ0v) is 17.8. The summed E-state index contributed by atoms with van der Waals surface area (Å²) in [5.41, 5.74) is 3.10. The van der Waals surface area contributed by atoms with E-state index in [1.165, 1.54) is 18.3 Å². The van der Waals surface area contributed by atoms with Crippen LogP contribution in [0.4, 0.5) is 5.69 Å². The third-order valence-electron chi connectivity index (χ3n) is 5.91. The van der Waals surface area contributed by atoms with E-state index in [4.69, 9.17) is 0 Å². The van der Waals surface area contributed by atoms with Gasteiger partial charge in [0.2, 0.25) is 11.8 Å². The van der Waals surface area contributed by atoms with Gasteiger partial charge in [0.05, 0.1) is 17.8 Å². The molecule has 2 aromatic rings. The molecule has 1 aromatic heterocycles. The predicted molar refractivity (Wildman–Crippen MR) is 113 cm³/mol. The summed E-state index contributed by atoms with van der Waals surface area (Å²) in [4.78, 5) is 43.5. The molecule has 2 saturated heterocycles. The van der Waals surface area contributed by atoms with E-state index in [9.17, 15) is 14.4 Å². The summed E-state index contributed by atoms with van der Waals surface area (Å²) in [6, 6.07) is 7.79. The zero-order valence-electron chi connectivity index (χ0n) is 17.0. The van der Waals surface area contributed by atoms with Gasteiger partial charge in [0, 0.05) is 31.0 Å². The Morgan fingerprint density at radius 1 is 1.10 bits per heavy atom. The Balaban J connectivity index is 1.62. The first-order valence-electron chi connectivity index (χ1n) is 9.77. The van der Waals surface area contributed by atoms with Crippen molar-refractivity contribution < 1.29 is 14.4 Å². The number of rotatable bonds is 2. The van der Waals surface area contributed by atoms with E-state index >= 15 is 0 Å². The SMILES string of the molecule is CC(=O)N1CC(=O)N(c2ccsc2)CC12CCN(C(=O)c1cc(C)cc(C)c1)C2. The number of benzene rings is 1. The van der Waals surface area contributed by atoms with Crippen LogP contribution in [-0.2, 0) is 9.59 Å². The minimum absolute atomic E-state index is 0.0174. The van der Waals surface area contributed by atoms with E-state index in [1.54, 1.807) is 9.80 Å². The quantitative estimate of drug-likeness (QED) is 0.764. The molecule has 29 heavy (non-hydrogen) atoms. The van der Waals surface area contributed by atoms with Gasteiger partial charge in [-0.05, 0) is 43.8 Å². The van der Waals surface area contributed by atoms with Crippen molar-refractivity contribution in [1.29, 1.82) is 0 Å². The minimum atomic E-state index is -0.545. The molecule has 3 heterocycles. The van der Waals surface area contributed by atoms with E-state index in [1.807, 2.05) is 53.8 Å². The molecule has 7 heteroatoms. The van der Waals surface area contributed by atoms with Crippen LogP contribution in [0.3, 0.4) is 0 Å². The van der Waals surface area contributed by atoms with Gasteiger partial charge in [-0.3, -0.25) is 14.4 Å². The average Bonchev–Trinajstić information content (AvgIpc) is 3.32. The number of aryl methyl sites for hydroxylation is 2. The topological polar surface area (TPSA) is 60.9 Å². The molecule has 1 spiro atoms. The lowest BCUT2D eigenvalue weighted by Crippen LogP contribution is -2.67. The van der Waals surface area contributed by atoms with Crippen molar-refractivity contribution in [1.82, 2.24) is 9.80 Å². The van der Waals surface area contributed by atoms with Crippen LogP contribution in [-0.4, -0.2) is 59.2 Å². The Hall–Kier alpha value is -2.67. The number of carbonyl (C=O) groups is 3. The number of piperazine rings is 1. The molecule has 2 aliphatic rings. The maximum absolute atomic E-state index is 13.2. The van der Waals surface area contributed by atoms with E-state index < -0.39 is 5.54 Å². The van der Waals surface area contributed by atoms with Crippen molar-refractivity contribution in [2.75, 3.05) is 31.1 Å². The summed E-state index contributed by atoms with van der Waals surface area (Å²) in [5, 5.41) is 3.89. The van der Waals surface area contributed by atoms with Gasteiger partial charge >= 0.3 is 0 Å². The standard InChI is InChI=1S/C22H25N3O3S/c1-15-8-16(2)10-18(9-15)21(28)23-6-5-22(13-23)14-24(19-4-7-29-12-19)20(27)11-25(22)17(3)26/h4,7-10,12H,5-6,11,13-14H2,1-3H3. The van der Waals surface area contributed by atoms with Gasteiger partial charge in [0.1, 0.15) is 6.54 Å². The van der Waals surface area contributed by atoms with E-state index in [0.717, 1.165) is 16.8 Å². The highest BCUT2D eigenvalue weighted by molar-refractivity contribution is 7.08. The highest BCUT2D eigenvalue weighted by Gasteiger charge is 2.51. The molecule has 152 valence electrons. The second-order valence-electron chi connectivity index (χ2n) is 8.14. The number of nitrogens with zero attached hydrogens (tertiary/aromatic N) is 3. The predicted octanol–water partition coefficient (Wildman–Crippen LogP) is 2.84. The first-order valence-corrected chi connectivity index (χ1v) is 10.7. The summed E-state index contributed by atoms with van der Waals surface area (Å²) in [6.07, 6.45) is 0.664. The van der Waals surface area contributed by atoms with E-state index in [0.29, 0.717) is 31.6 Å². The summed E-state index contributed by atoms with van der Waals surface area (Å²) < 4.78 is 0. The van der Waals surface area contributed by atoms with Crippen LogP contribution in [0.5, 0.6) is 0 Å². The van der Waals surface area contributed by atoms with Gasteiger partial charge in [0.25, 0.3) is 5.91 Å². The smallest absolute Gasteiger partial charge is 0.253 e. The summed E-state index contributed by atoms with van der Waals surface area (Å²) in [7, 11) is 0. The first-order chi connectivity index (χ1) is 13.8. The molecule has 3 amide bonds. The van der Waals surface area contributed by atoms with Gasteiger partial charge in [0.15, 0.2) is 0 Å². The highest BCUT2D eigenvalue weighted by Crippen LogP contribution is 2.35. The number of hydrogen-bond acceptors (Lipinski definition) is 4. The number of likely N-dealkylation sites (tertiary alicyclic amines) is 1.